The van der Waals surface area contributed by atoms with Crippen molar-refractivity contribution in [3.05, 3.63) is 65.5 Å². The van der Waals surface area contributed by atoms with Gasteiger partial charge in [0.2, 0.25) is 17.6 Å². The number of carbonyl (C=O) groups excluding carboxylic acids is 1. The maximum Gasteiger partial charge on any atom is 0.241 e. The van der Waals surface area contributed by atoms with Gasteiger partial charge in [0, 0.05) is 18.0 Å². The maximum atomic E-state index is 12.7. The van der Waals surface area contributed by atoms with Crippen LogP contribution in [0.1, 0.15) is 64.0 Å². The number of likely N-dealkylation sites (tertiary alicyclic amines) is 1. The fraction of sp³-hybridized carbons (Fsp3) is 0.500. The van der Waals surface area contributed by atoms with Crippen LogP contribution in [0.5, 0.6) is 5.75 Å². The molecule has 1 fully saturated rings. The Morgan fingerprint density at radius 1 is 1.11 bits per heavy atom. The lowest BCUT2D eigenvalue weighted by atomic mass is 9.87. The molecule has 1 aliphatic heterocycles. The van der Waals surface area contributed by atoms with E-state index in [0.717, 1.165) is 50.1 Å². The van der Waals surface area contributed by atoms with Crippen molar-refractivity contribution in [3.8, 4) is 17.1 Å². The summed E-state index contributed by atoms with van der Waals surface area (Å²) in [6.07, 6.45) is 3.47. The number of hydrogen-bond acceptors (Lipinski definition) is 6. The molecule has 0 atom stereocenters. The predicted molar refractivity (Wildman–Crippen MR) is 145 cm³/mol. The Bertz CT molecular complexity index is 1140. The molecule has 2 heterocycles. The predicted octanol–water partition coefficient (Wildman–Crippen LogP) is 5.39. The minimum absolute atomic E-state index is 0.0616. The number of rotatable bonds is 10. The smallest absolute Gasteiger partial charge is 0.241 e. The molecule has 3 aromatic rings. The van der Waals surface area contributed by atoms with Crippen molar-refractivity contribution >= 4 is 5.91 Å². The number of aryl methyl sites for hydroxylation is 1. The van der Waals surface area contributed by atoms with Gasteiger partial charge in [-0.05, 0) is 68.3 Å². The van der Waals surface area contributed by atoms with Crippen molar-refractivity contribution in [3.63, 3.8) is 0 Å². The summed E-state index contributed by atoms with van der Waals surface area (Å²) in [6, 6.07) is 16.5. The summed E-state index contributed by atoms with van der Waals surface area (Å²) in [5, 5.41) is 7.32. The molecule has 37 heavy (non-hydrogen) atoms. The highest BCUT2D eigenvalue weighted by Crippen LogP contribution is 2.26. The number of nitrogens with zero attached hydrogens (tertiary/aromatic N) is 3. The highest BCUT2D eigenvalue weighted by molar-refractivity contribution is 5.78. The van der Waals surface area contributed by atoms with Gasteiger partial charge >= 0.3 is 0 Å². The van der Waals surface area contributed by atoms with Gasteiger partial charge in [-0.15, -0.1) is 0 Å². The Labute approximate surface area is 220 Å². The second-order valence-electron chi connectivity index (χ2n) is 10.8. The zero-order chi connectivity index (χ0) is 26.3. The van der Waals surface area contributed by atoms with E-state index < -0.39 is 0 Å². The van der Waals surface area contributed by atoms with E-state index in [2.05, 4.69) is 71.5 Å². The molecule has 1 aliphatic rings. The fourth-order valence-corrected chi connectivity index (χ4v) is 4.74. The van der Waals surface area contributed by atoms with E-state index in [9.17, 15) is 4.79 Å². The highest BCUT2D eigenvalue weighted by Gasteiger charge is 2.26. The van der Waals surface area contributed by atoms with Crippen LogP contribution >= 0.6 is 0 Å². The summed E-state index contributed by atoms with van der Waals surface area (Å²) in [5.74, 6) is 2.40. The van der Waals surface area contributed by atoms with Crippen LogP contribution in [0.2, 0.25) is 0 Å². The molecule has 0 saturated carbocycles. The lowest BCUT2D eigenvalue weighted by molar-refractivity contribution is -0.126. The quantitative estimate of drug-likeness (QED) is 0.373. The van der Waals surface area contributed by atoms with Crippen molar-refractivity contribution in [2.24, 2.45) is 5.92 Å². The second-order valence-corrected chi connectivity index (χ2v) is 10.8. The molecule has 0 aliphatic carbocycles. The number of para-hydroxylation sites is 1. The lowest BCUT2D eigenvalue weighted by Crippen LogP contribution is -2.40. The lowest BCUT2D eigenvalue weighted by Gasteiger charge is -2.30. The molecule has 7 heteroatoms. The van der Waals surface area contributed by atoms with Crippen molar-refractivity contribution in [2.75, 3.05) is 26.2 Å². The minimum Gasteiger partial charge on any atom is -0.494 e. The number of piperidine rings is 1. The number of nitrogens with one attached hydrogen (secondary N) is 1. The molecule has 0 unspecified atom stereocenters. The van der Waals surface area contributed by atoms with Gasteiger partial charge in [0.1, 0.15) is 5.75 Å². The summed E-state index contributed by atoms with van der Waals surface area (Å²) < 4.78 is 11.2. The van der Waals surface area contributed by atoms with Gasteiger partial charge in [0.05, 0.1) is 13.2 Å². The Hall–Kier alpha value is -3.19. The number of benzene rings is 2. The standard InChI is InChI=1S/C30H40N4O3/c1-5-36-26-11-7-6-9-22(26)10-8-18-31-29(35)24-16-19-34(20-17-24)21-27-32-28(33-37-27)23-12-14-25(15-13-23)30(2,3)4/h6-7,9,11-15,24H,5,8,10,16-21H2,1-4H3,(H,31,35). The number of amides is 1. The van der Waals surface area contributed by atoms with E-state index in [1.807, 2.05) is 25.1 Å². The molecule has 1 saturated heterocycles. The van der Waals surface area contributed by atoms with E-state index in [-0.39, 0.29) is 17.2 Å². The number of ether oxygens (including phenoxy) is 1. The summed E-state index contributed by atoms with van der Waals surface area (Å²) in [4.78, 5) is 19.6. The van der Waals surface area contributed by atoms with Crippen LogP contribution in [0.25, 0.3) is 11.4 Å². The Balaban J connectivity index is 1.18. The first-order chi connectivity index (χ1) is 17.8. The summed E-state index contributed by atoms with van der Waals surface area (Å²) in [7, 11) is 0. The maximum absolute atomic E-state index is 12.7. The minimum atomic E-state index is 0.0616. The van der Waals surface area contributed by atoms with Crippen LogP contribution in [0, 0.1) is 5.92 Å². The zero-order valence-corrected chi connectivity index (χ0v) is 22.6. The molecule has 1 amide bonds. The van der Waals surface area contributed by atoms with Crippen LogP contribution in [0.4, 0.5) is 0 Å². The van der Waals surface area contributed by atoms with E-state index in [4.69, 9.17) is 9.26 Å². The van der Waals surface area contributed by atoms with Crippen molar-refractivity contribution in [1.82, 2.24) is 20.4 Å². The normalized spacial score (nSPS) is 15.0. The van der Waals surface area contributed by atoms with Gasteiger partial charge in [-0.1, -0.05) is 68.4 Å². The molecule has 1 aromatic heterocycles. The third kappa shape index (κ3) is 7.41. The number of aromatic nitrogens is 2. The topological polar surface area (TPSA) is 80.5 Å². The van der Waals surface area contributed by atoms with Crippen molar-refractivity contribution in [1.29, 1.82) is 0 Å². The van der Waals surface area contributed by atoms with Gasteiger partial charge < -0.3 is 14.6 Å². The first-order valence-electron chi connectivity index (χ1n) is 13.5. The molecule has 4 rings (SSSR count). The van der Waals surface area contributed by atoms with Crippen LogP contribution in [-0.2, 0) is 23.2 Å². The molecule has 7 nitrogen and oxygen atoms in total. The monoisotopic (exact) mass is 504 g/mol. The molecule has 2 aromatic carbocycles. The fourth-order valence-electron chi connectivity index (χ4n) is 4.74. The SMILES string of the molecule is CCOc1ccccc1CCCNC(=O)C1CCN(Cc2nc(-c3ccc(C(C)(C)C)cc3)no2)CC1. The zero-order valence-electron chi connectivity index (χ0n) is 22.6. The molecule has 1 N–H and O–H groups in total. The van der Waals surface area contributed by atoms with Gasteiger partial charge in [0.15, 0.2) is 0 Å². The average molecular weight is 505 g/mol. The molecule has 0 radical (unpaired) electrons. The van der Waals surface area contributed by atoms with Crippen molar-refractivity contribution < 1.29 is 14.1 Å². The first-order valence-corrected chi connectivity index (χ1v) is 13.5. The van der Waals surface area contributed by atoms with Crippen LogP contribution in [-0.4, -0.2) is 47.2 Å². The molecular formula is C30H40N4O3. The van der Waals surface area contributed by atoms with E-state index in [0.29, 0.717) is 31.4 Å². The largest absolute Gasteiger partial charge is 0.494 e. The Morgan fingerprint density at radius 3 is 2.54 bits per heavy atom. The average Bonchev–Trinajstić information content (AvgIpc) is 3.36. The molecule has 0 spiro atoms. The third-order valence-electron chi connectivity index (χ3n) is 6.99. The summed E-state index contributed by atoms with van der Waals surface area (Å²) in [5.41, 5.74) is 3.54. The van der Waals surface area contributed by atoms with Crippen LogP contribution in [0.15, 0.2) is 53.1 Å². The van der Waals surface area contributed by atoms with Gasteiger partial charge in [-0.3, -0.25) is 9.69 Å². The summed E-state index contributed by atoms with van der Waals surface area (Å²) >= 11 is 0. The molecule has 0 bridgehead atoms. The van der Waals surface area contributed by atoms with E-state index >= 15 is 0 Å². The highest BCUT2D eigenvalue weighted by atomic mass is 16.5. The van der Waals surface area contributed by atoms with E-state index in [1.165, 1.54) is 11.1 Å². The van der Waals surface area contributed by atoms with Crippen LogP contribution in [0.3, 0.4) is 0 Å². The Kier molecular flexibility index (Phi) is 8.98. The second kappa shape index (κ2) is 12.4. The number of carbonyl (C=O) groups is 1. The molecule has 198 valence electrons. The molecular weight excluding hydrogens is 464 g/mol. The van der Waals surface area contributed by atoms with Crippen LogP contribution < -0.4 is 10.1 Å². The number of hydrogen-bond donors (Lipinski definition) is 1. The van der Waals surface area contributed by atoms with Gasteiger partial charge in [-0.25, -0.2) is 0 Å². The van der Waals surface area contributed by atoms with Crippen molar-refractivity contribution in [2.45, 2.75) is 65.3 Å². The van der Waals surface area contributed by atoms with Gasteiger partial charge in [-0.2, -0.15) is 4.98 Å². The summed E-state index contributed by atoms with van der Waals surface area (Å²) in [6.45, 7) is 12.2. The Morgan fingerprint density at radius 2 is 1.84 bits per heavy atom. The van der Waals surface area contributed by atoms with E-state index in [1.54, 1.807) is 0 Å². The third-order valence-corrected chi connectivity index (χ3v) is 6.99. The van der Waals surface area contributed by atoms with Gasteiger partial charge in [0.25, 0.3) is 0 Å². The first kappa shape index (κ1) is 26.9.